The van der Waals surface area contributed by atoms with Crippen molar-refractivity contribution in [3.63, 3.8) is 0 Å². The molecule has 1 aromatic carbocycles. The monoisotopic (exact) mass is 516 g/mol. The van der Waals surface area contributed by atoms with E-state index >= 15 is 0 Å². The van der Waals surface area contributed by atoms with Crippen LogP contribution in [0.1, 0.15) is 24.1 Å². The lowest BCUT2D eigenvalue weighted by Crippen LogP contribution is -2.47. The molecule has 8 heteroatoms. The van der Waals surface area contributed by atoms with Gasteiger partial charge < -0.3 is 19.8 Å². The maximum absolute atomic E-state index is 5.62. The Labute approximate surface area is 188 Å². The molecule has 3 rings (SSSR count). The summed E-state index contributed by atoms with van der Waals surface area (Å²) < 4.78 is 11.3. The Bertz CT molecular complexity index is 758. The Morgan fingerprint density at radius 3 is 2.57 bits per heavy atom. The lowest BCUT2D eigenvalue weighted by atomic mass is 9.99. The highest BCUT2D eigenvalue weighted by molar-refractivity contribution is 14.0. The van der Waals surface area contributed by atoms with Crippen LogP contribution in [0.4, 0.5) is 0 Å². The maximum atomic E-state index is 5.62. The molecule has 2 N–H and O–H groups in total. The van der Waals surface area contributed by atoms with E-state index in [2.05, 4.69) is 45.9 Å². The molecule has 1 aliphatic rings. The van der Waals surface area contributed by atoms with E-state index in [1.807, 2.05) is 23.9 Å². The number of hydrogen-bond acceptors (Lipinski definition) is 5. The molecule has 6 nitrogen and oxygen atoms in total. The topological polar surface area (TPSA) is 71.7 Å². The molecule has 0 unspecified atom stereocenters. The third kappa shape index (κ3) is 6.12. The van der Waals surface area contributed by atoms with Crippen molar-refractivity contribution in [1.29, 1.82) is 0 Å². The van der Waals surface area contributed by atoms with Gasteiger partial charge in [-0.25, -0.2) is 4.98 Å². The van der Waals surface area contributed by atoms with Crippen molar-refractivity contribution >= 4 is 41.7 Å². The number of nitrogens with one attached hydrogen (secondary N) is 2. The van der Waals surface area contributed by atoms with E-state index in [4.69, 9.17) is 9.15 Å². The molecule has 1 fully saturated rings. The van der Waals surface area contributed by atoms with E-state index in [0.29, 0.717) is 12.4 Å². The maximum Gasteiger partial charge on any atom is 0.226 e. The van der Waals surface area contributed by atoms with Crippen molar-refractivity contribution in [2.24, 2.45) is 4.99 Å². The second kappa shape index (κ2) is 11.1. The van der Waals surface area contributed by atoms with Crippen LogP contribution in [0.2, 0.25) is 0 Å². The number of aryl methyl sites for hydroxylation is 1. The van der Waals surface area contributed by atoms with Gasteiger partial charge in [-0.2, -0.15) is 11.8 Å². The number of oxazole rings is 1. The average molecular weight is 516 g/mol. The Morgan fingerprint density at radius 2 is 1.93 bits per heavy atom. The molecule has 0 radical (unpaired) electrons. The van der Waals surface area contributed by atoms with E-state index in [0.717, 1.165) is 49.8 Å². The van der Waals surface area contributed by atoms with Crippen LogP contribution in [0.5, 0.6) is 0 Å². The minimum atomic E-state index is 0. The van der Waals surface area contributed by atoms with Crippen molar-refractivity contribution in [2.75, 3.05) is 33.1 Å². The molecular weight excluding hydrogens is 487 g/mol. The smallest absolute Gasteiger partial charge is 0.226 e. The van der Waals surface area contributed by atoms with Gasteiger partial charge in [0.1, 0.15) is 6.26 Å². The van der Waals surface area contributed by atoms with E-state index in [1.54, 1.807) is 13.3 Å². The highest BCUT2D eigenvalue weighted by Gasteiger charge is 2.31. The second-order valence-electron chi connectivity index (χ2n) is 6.79. The zero-order valence-electron chi connectivity index (χ0n) is 16.7. The van der Waals surface area contributed by atoms with Crippen LogP contribution < -0.4 is 10.6 Å². The summed E-state index contributed by atoms with van der Waals surface area (Å²) in [6.45, 7) is 5.15. The third-order valence-electron chi connectivity index (χ3n) is 4.93. The molecule has 1 saturated heterocycles. The van der Waals surface area contributed by atoms with Crippen molar-refractivity contribution in [1.82, 2.24) is 15.6 Å². The number of thioether (sulfide) groups is 1. The summed E-state index contributed by atoms with van der Waals surface area (Å²) in [6, 6.07) is 8.16. The predicted molar refractivity (Wildman–Crippen MR) is 127 cm³/mol. The fourth-order valence-corrected chi connectivity index (χ4v) is 3.84. The lowest BCUT2D eigenvalue weighted by Gasteiger charge is -2.36. The van der Waals surface area contributed by atoms with Crippen molar-refractivity contribution in [3.05, 3.63) is 41.8 Å². The fourth-order valence-electron chi connectivity index (χ4n) is 3.05. The Hall–Kier alpha value is -1.26. The Morgan fingerprint density at radius 1 is 1.21 bits per heavy atom. The number of halogens is 1. The second-order valence-corrected chi connectivity index (χ2v) is 8.06. The van der Waals surface area contributed by atoms with Gasteiger partial charge in [0.25, 0.3) is 0 Å². The molecule has 28 heavy (non-hydrogen) atoms. The highest BCUT2D eigenvalue weighted by Crippen LogP contribution is 2.32. The molecule has 0 spiro atoms. The zero-order chi connectivity index (χ0) is 19.1. The number of aromatic nitrogens is 1. The number of rotatable bonds is 6. The van der Waals surface area contributed by atoms with Crippen LogP contribution in [0.3, 0.4) is 0 Å². The van der Waals surface area contributed by atoms with Gasteiger partial charge >= 0.3 is 0 Å². The molecule has 0 saturated carbocycles. The summed E-state index contributed by atoms with van der Waals surface area (Å²) in [5.74, 6) is 1.41. The first-order valence-corrected chi connectivity index (χ1v) is 10.5. The van der Waals surface area contributed by atoms with E-state index in [1.165, 1.54) is 5.56 Å². The van der Waals surface area contributed by atoms with Crippen LogP contribution in [0.25, 0.3) is 11.5 Å². The van der Waals surface area contributed by atoms with E-state index in [9.17, 15) is 0 Å². The summed E-state index contributed by atoms with van der Waals surface area (Å²) in [7, 11) is 1.78. The molecule has 0 bridgehead atoms. The number of aliphatic imine (C=N–C) groups is 1. The summed E-state index contributed by atoms with van der Waals surface area (Å²) in [5, 5.41) is 6.77. The minimum absolute atomic E-state index is 0. The van der Waals surface area contributed by atoms with Crippen LogP contribution in [-0.2, 0) is 11.3 Å². The largest absolute Gasteiger partial charge is 0.444 e. The summed E-state index contributed by atoms with van der Waals surface area (Å²) in [6.07, 6.45) is 5.98. The fraction of sp³-hybridized carbons (Fsp3) is 0.500. The standard InChI is InChI=1S/C20H28N4O2S.HI/c1-15-4-6-16(7-5-15)18-24-17(13-26-18)12-22-19(21-2)23-14-20(27-3)8-10-25-11-9-20;/h4-7,13H,8-12,14H2,1-3H3,(H2,21,22,23);1H. The predicted octanol–water partition coefficient (Wildman–Crippen LogP) is 3.85. The number of nitrogens with zero attached hydrogens (tertiary/aromatic N) is 2. The zero-order valence-corrected chi connectivity index (χ0v) is 19.8. The molecule has 1 aliphatic heterocycles. The van der Waals surface area contributed by atoms with E-state index < -0.39 is 0 Å². The van der Waals surface area contributed by atoms with Crippen molar-refractivity contribution in [3.8, 4) is 11.5 Å². The van der Waals surface area contributed by atoms with Crippen LogP contribution in [0.15, 0.2) is 39.9 Å². The molecule has 1 aromatic heterocycles. The summed E-state index contributed by atoms with van der Waals surface area (Å²) in [5.41, 5.74) is 3.05. The van der Waals surface area contributed by atoms with E-state index in [-0.39, 0.29) is 28.7 Å². The van der Waals surface area contributed by atoms with Gasteiger partial charge in [0.05, 0.1) is 12.2 Å². The van der Waals surface area contributed by atoms with Crippen LogP contribution >= 0.6 is 35.7 Å². The number of ether oxygens (including phenoxy) is 1. The van der Waals surface area contributed by atoms with Crippen LogP contribution in [0, 0.1) is 6.92 Å². The minimum Gasteiger partial charge on any atom is -0.444 e. The van der Waals surface area contributed by atoms with Crippen molar-refractivity contribution < 1.29 is 9.15 Å². The third-order valence-corrected chi connectivity index (χ3v) is 6.34. The van der Waals surface area contributed by atoms with Gasteiger partial charge in [0.2, 0.25) is 5.89 Å². The van der Waals surface area contributed by atoms with Gasteiger partial charge in [0.15, 0.2) is 5.96 Å². The van der Waals surface area contributed by atoms with Crippen LogP contribution in [-0.4, -0.2) is 48.8 Å². The number of benzene rings is 1. The quantitative estimate of drug-likeness (QED) is 0.346. The highest BCUT2D eigenvalue weighted by atomic mass is 127. The Balaban J connectivity index is 0.00000280. The van der Waals surface area contributed by atoms with Crippen molar-refractivity contribution in [2.45, 2.75) is 31.1 Å². The van der Waals surface area contributed by atoms with Gasteiger partial charge in [0, 0.05) is 37.1 Å². The van der Waals surface area contributed by atoms with Gasteiger partial charge in [-0.3, -0.25) is 4.99 Å². The average Bonchev–Trinajstić information content (AvgIpc) is 3.18. The first-order valence-electron chi connectivity index (χ1n) is 9.23. The first-order chi connectivity index (χ1) is 13.1. The first kappa shape index (κ1) is 23.0. The molecule has 154 valence electrons. The normalized spacial score (nSPS) is 16.3. The SMILES string of the molecule is CN=C(NCc1coc(-c2ccc(C)cc2)n1)NCC1(SC)CCOCC1.I. The van der Waals surface area contributed by atoms with Gasteiger partial charge in [-0.1, -0.05) is 17.7 Å². The molecule has 0 amide bonds. The molecule has 0 aliphatic carbocycles. The Kier molecular flexibility index (Phi) is 9.10. The number of hydrogen-bond donors (Lipinski definition) is 2. The molecule has 2 heterocycles. The summed E-state index contributed by atoms with van der Waals surface area (Å²) in [4.78, 5) is 8.89. The molecular formula is C20H29IN4O2S. The lowest BCUT2D eigenvalue weighted by molar-refractivity contribution is 0.0783. The number of guanidine groups is 1. The van der Waals surface area contributed by atoms with Gasteiger partial charge in [-0.05, 0) is 38.2 Å². The molecule has 0 atom stereocenters. The summed E-state index contributed by atoms with van der Waals surface area (Å²) >= 11 is 1.91. The molecule has 2 aromatic rings. The van der Waals surface area contributed by atoms with Gasteiger partial charge in [-0.15, -0.1) is 24.0 Å².